The van der Waals surface area contributed by atoms with Gasteiger partial charge in [0.15, 0.2) is 6.17 Å². The summed E-state index contributed by atoms with van der Waals surface area (Å²) >= 11 is 0. The van der Waals surface area contributed by atoms with Crippen molar-refractivity contribution in [1.82, 2.24) is 0 Å². The lowest BCUT2D eigenvalue weighted by Gasteiger charge is -2.32. The molecule has 0 amide bonds. The fraction of sp³-hybridized carbons (Fsp3) is 0.0526. The Balaban J connectivity index is 2.00. The van der Waals surface area contributed by atoms with Gasteiger partial charge in [-0.3, -0.25) is 0 Å². The highest BCUT2D eigenvalue weighted by Crippen LogP contribution is 2.35. The summed E-state index contributed by atoms with van der Waals surface area (Å²) in [4.78, 5) is 6.58. The molecule has 1 atom stereocenters. The second-order valence-corrected chi connectivity index (χ2v) is 5.11. The van der Waals surface area contributed by atoms with Crippen LogP contribution in [0.1, 0.15) is 11.7 Å². The molecule has 0 radical (unpaired) electrons. The van der Waals surface area contributed by atoms with E-state index < -0.39 is 0 Å². The molecule has 0 fully saturated rings. The van der Waals surface area contributed by atoms with Crippen LogP contribution >= 0.6 is 0 Å². The van der Waals surface area contributed by atoms with Crippen LogP contribution in [0.4, 0.5) is 11.4 Å². The first-order valence-corrected chi connectivity index (χ1v) is 7.49. The molecule has 2 N–H and O–H groups in total. The Bertz CT molecular complexity index is 795. The zero-order valence-corrected chi connectivity index (χ0v) is 13.1. The van der Waals surface area contributed by atoms with E-state index in [1.165, 1.54) is 12.5 Å². The highest BCUT2D eigenvalue weighted by atomic mass is 16.5. The molecule has 1 aliphatic heterocycles. The van der Waals surface area contributed by atoms with E-state index in [-0.39, 0.29) is 6.17 Å². The van der Waals surface area contributed by atoms with Crippen LogP contribution in [0.3, 0.4) is 0 Å². The summed E-state index contributed by atoms with van der Waals surface area (Å²) in [6.07, 6.45) is 4.05. The third kappa shape index (κ3) is 2.92. The first-order chi connectivity index (χ1) is 11.8. The van der Waals surface area contributed by atoms with Gasteiger partial charge in [0.05, 0.1) is 12.5 Å². The summed E-state index contributed by atoms with van der Waals surface area (Å²) in [6, 6.07) is 15.5. The lowest BCUT2D eigenvalue weighted by atomic mass is 10.1. The normalized spacial score (nSPS) is 15.3. The van der Waals surface area contributed by atoms with Gasteiger partial charge >= 0.3 is 0 Å². The molecule has 5 nitrogen and oxygen atoms in total. The molecular formula is C19H18N4O. The molecule has 0 saturated carbocycles. The molecule has 0 aromatic heterocycles. The Hall–Kier alpha value is -3.34. The highest BCUT2D eigenvalue weighted by molar-refractivity contribution is 6.34. The molecule has 5 heteroatoms. The molecule has 0 saturated heterocycles. The van der Waals surface area contributed by atoms with E-state index in [9.17, 15) is 0 Å². The van der Waals surface area contributed by atoms with Crippen LogP contribution in [0, 0.1) is 5.41 Å². The minimum atomic E-state index is -0.289. The molecule has 0 spiro atoms. The van der Waals surface area contributed by atoms with E-state index in [1.54, 1.807) is 6.20 Å². The highest BCUT2D eigenvalue weighted by Gasteiger charge is 2.25. The van der Waals surface area contributed by atoms with Crippen molar-refractivity contribution in [3.63, 3.8) is 0 Å². The van der Waals surface area contributed by atoms with Gasteiger partial charge in [0.25, 0.3) is 0 Å². The zero-order chi connectivity index (χ0) is 16.9. The number of benzene rings is 2. The fourth-order valence-corrected chi connectivity index (χ4v) is 2.63. The summed E-state index contributed by atoms with van der Waals surface area (Å²) in [5.41, 5.74) is 2.89. The maximum atomic E-state index is 7.52. The number of hydrogen-bond acceptors (Lipinski definition) is 5. The standard InChI is InChI=1S/C19H18N4O/c1-3-23(14-9-11-15(12-10-14)24-4-2)19-16-7-5-6-8-17(16)21-18(13-20)22-19/h3-13,19-20H,1-2H2,(H,21,22). The predicted molar refractivity (Wildman–Crippen MR) is 99.0 cm³/mol. The molecule has 2 aromatic rings. The van der Waals surface area contributed by atoms with Gasteiger partial charge in [-0.2, -0.15) is 0 Å². The molecule has 0 aliphatic carbocycles. The van der Waals surface area contributed by atoms with E-state index in [0.717, 1.165) is 16.9 Å². The van der Waals surface area contributed by atoms with Gasteiger partial charge in [-0.15, -0.1) is 0 Å². The van der Waals surface area contributed by atoms with Crippen LogP contribution < -0.4 is 15.0 Å². The summed E-state index contributed by atoms with van der Waals surface area (Å²) in [7, 11) is 0. The van der Waals surface area contributed by atoms with E-state index in [1.807, 2.05) is 53.4 Å². The quantitative estimate of drug-likeness (QED) is 0.615. The van der Waals surface area contributed by atoms with Crippen LogP contribution in [-0.2, 0) is 0 Å². The Morgan fingerprint density at radius 3 is 2.54 bits per heavy atom. The average Bonchev–Trinajstić information content (AvgIpc) is 2.63. The molecule has 1 unspecified atom stereocenters. The third-order valence-corrected chi connectivity index (χ3v) is 3.71. The number of rotatable bonds is 6. The van der Waals surface area contributed by atoms with E-state index >= 15 is 0 Å². The Labute approximate surface area is 141 Å². The number of para-hydroxylation sites is 1. The van der Waals surface area contributed by atoms with Crippen molar-refractivity contribution < 1.29 is 4.74 Å². The monoisotopic (exact) mass is 318 g/mol. The summed E-state index contributed by atoms with van der Waals surface area (Å²) in [5, 5.41) is 10.7. The van der Waals surface area contributed by atoms with Crippen molar-refractivity contribution in [3.05, 3.63) is 79.7 Å². The fourth-order valence-electron chi connectivity index (χ4n) is 2.63. The number of ether oxygens (including phenoxy) is 1. The number of fused-ring (bicyclic) bond motifs is 1. The van der Waals surface area contributed by atoms with Crippen LogP contribution in [-0.4, -0.2) is 12.1 Å². The molecular weight excluding hydrogens is 300 g/mol. The van der Waals surface area contributed by atoms with Crippen molar-refractivity contribution in [3.8, 4) is 5.75 Å². The summed E-state index contributed by atoms with van der Waals surface area (Å²) < 4.78 is 5.26. The topological polar surface area (TPSA) is 60.7 Å². The Morgan fingerprint density at radius 1 is 1.12 bits per heavy atom. The van der Waals surface area contributed by atoms with Gasteiger partial charge in [0.1, 0.15) is 11.6 Å². The van der Waals surface area contributed by atoms with E-state index in [0.29, 0.717) is 11.6 Å². The van der Waals surface area contributed by atoms with Crippen LogP contribution in [0.25, 0.3) is 0 Å². The minimum absolute atomic E-state index is 0.289. The first kappa shape index (κ1) is 15.6. The van der Waals surface area contributed by atoms with Crippen LogP contribution in [0.15, 0.2) is 79.1 Å². The van der Waals surface area contributed by atoms with Crippen molar-refractivity contribution in [2.75, 3.05) is 10.2 Å². The molecule has 0 bridgehead atoms. The second-order valence-electron chi connectivity index (χ2n) is 5.11. The lowest BCUT2D eigenvalue weighted by molar-refractivity contribution is 0.483. The predicted octanol–water partition coefficient (Wildman–Crippen LogP) is 4.33. The van der Waals surface area contributed by atoms with Gasteiger partial charge in [-0.1, -0.05) is 31.4 Å². The third-order valence-electron chi connectivity index (χ3n) is 3.71. The molecule has 2 aromatic carbocycles. The Kier molecular flexibility index (Phi) is 4.43. The number of anilines is 2. The maximum Gasteiger partial charge on any atom is 0.155 e. The molecule has 120 valence electrons. The second kappa shape index (κ2) is 6.83. The van der Waals surface area contributed by atoms with Gasteiger partial charge in [-0.25, -0.2) is 4.99 Å². The van der Waals surface area contributed by atoms with E-state index in [4.69, 9.17) is 10.1 Å². The number of hydrogen-bond donors (Lipinski definition) is 2. The van der Waals surface area contributed by atoms with Crippen LogP contribution in [0.5, 0.6) is 5.75 Å². The van der Waals surface area contributed by atoms with Crippen LogP contribution in [0.2, 0.25) is 0 Å². The molecule has 1 heterocycles. The SMILES string of the molecule is C=COc1ccc(N(C=C)C2N=C(C=N)Nc3ccccc32)cc1. The molecule has 24 heavy (non-hydrogen) atoms. The van der Waals surface area contributed by atoms with Gasteiger partial charge in [-0.05, 0) is 36.5 Å². The minimum Gasteiger partial charge on any atom is -0.466 e. The first-order valence-electron chi connectivity index (χ1n) is 7.49. The lowest BCUT2D eigenvalue weighted by Crippen LogP contribution is -2.29. The summed E-state index contributed by atoms with van der Waals surface area (Å²) in [5.74, 6) is 1.23. The zero-order valence-electron chi connectivity index (χ0n) is 13.1. The number of amidine groups is 1. The van der Waals surface area contributed by atoms with Crippen molar-refractivity contribution in [2.45, 2.75) is 6.17 Å². The smallest absolute Gasteiger partial charge is 0.155 e. The van der Waals surface area contributed by atoms with Gasteiger partial charge < -0.3 is 20.4 Å². The summed E-state index contributed by atoms with van der Waals surface area (Å²) in [6.45, 7) is 7.48. The Morgan fingerprint density at radius 2 is 1.88 bits per heavy atom. The van der Waals surface area contributed by atoms with Gasteiger partial charge in [0, 0.05) is 16.9 Å². The van der Waals surface area contributed by atoms with E-state index in [2.05, 4.69) is 23.5 Å². The van der Waals surface area contributed by atoms with Crippen molar-refractivity contribution in [1.29, 1.82) is 5.41 Å². The number of aliphatic imine (C=N–C) groups is 1. The maximum absolute atomic E-state index is 7.52. The number of nitrogens with zero attached hydrogens (tertiary/aromatic N) is 2. The van der Waals surface area contributed by atoms with Crippen molar-refractivity contribution in [2.24, 2.45) is 4.99 Å². The largest absolute Gasteiger partial charge is 0.466 e. The average molecular weight is 318 g/mol. The molecule has 3 rings (SSSR count). The number of nitrogens with one attached hydrogen (secondary N) is 2. The van der Waals surface area contributed by atoms with Gasteiger partial charge in [0.2, 0.25) is 0 Å². The molecule has 1 aliphatic rings. The van der Waals surface area contributed by atoms with Crippen molar-refractivity contribution >= 4 is 23.4 Å².